The highest BCUT2D eigenvalue weighted by Gasteiger charge is 2.38. The lowest BCUT2D eigenvalue weighted by Crippen LogP contribution is -2.35. The van der Waals surface area contributed by atoms with E-state index < -0.39 is 0 Å². The van der Waals surface area contributed by atoms with Crippen LogP contribution in [0.2, 0.25) is 0 Å². The van der Waals surface area contributed by atoms with Crippen molar-refractivity contribution in [1.29, 1.82) is 0 Å². The number of aliphatic hydroxyl groups is 2. The third-order valence-electron chi connectivity index (χ3n) is 5.30. The van der Waals surface area contributed by atoms with E-state index >= 15 is 0 Å². The van der Waals surface area contributed by atoms with Gasteiger partial charge in [-0.2, -0.15) is 0 Å². The molecule has 6 nitrogen and oxygen atoms in total. The molecule has 26 heavy (non-hydrogen) atoms. The summed E-state index contributed by atoms with van der Waals surface area (Å²) in [4.78, 5) is 0. The van der Waals surface area contributed by atoms with Crippen LogP contribution in [0.3, 0.4) is 0 Å². The van der Waals surface area contributed by atoms with Crippen LogP contribution in [0, 0.1) is 11.8 Å². The molecule has 0 radical (unpaired) electrons. The summed E-state index contributed by atoms with van der Waals surface area (Å²) in [5, 5.41) is 39.9. The number of rotatable bonds is 5. The number of aromatic hydroxyl groups is 2. The summed E-state index contributed by atoms with van der Waals surface area (Å²) in [6, 6.07) is 8.53. The van der Waals surface area contributed by atoms with Gasteiger partial charge in [0.1, 0.15) is 0 Å². The molecule has 0 saturated heterocycles. The molecule has 0 bridgehead atoms. The molecule has 3 atom stereocenters. The minimum atomic E-state index is -0.232. The van der Waals surface area contributed by atoms with E-state index in [0.29, 0.717) is 17.9 Å². The van der Waals surface area contributed by atoms with Gasteiger partial charge >= 0.3 is 0 Å². The van der Waals surface area contributed by atoms with Crippen LogP contribution in [0.15, 0.2) is 30.3 Å². The van der Waals surface area contributed by atoms with Crippen molar-refractivity contribution in [3.63, 3.8) is 0 Å². The van der Waals surface area contributed by atoms with Crippen LogP contribution in [0.25, 0.3) is 0 Å². The van der Waals surface area contributed by atoms with Crippen molar-refractivity contribution in [2.45, 2.75) is 12.3 Å². The predicted octanol–water partition coefficient (Wildman–Crippen LogP) is 2.02. The van der Waals surface area contributed by atoms with Gasteiger partial charge in [-0.3, -0.25) is 0 Å². The molecule has 0 aliphatic heterocycles. The number of fused-ring (bicyclic) bond motifs is 1. The van der Waals surface area contributed by atoms with Gasteiger partial charge in [-0.25, -0.2) is 0 Å². The van der Waals surface area contributed by atoms with Crippen LogP contribution in [0.1, 0.15) is 22.6 Å². The maximum atomic E-state index is 10.1. The van der Waals surface area contributed by atoms with Crippen LogP contribution in [-0.2, 0) is 6.42 Å². The number of benzene rings is 2. The van der Waals surface area contributed by atoms with Gasteiger partial charge in [0.2, 0.25) is 0 Å². The largest absolute Gasteiger partial charge is 0.504 e. The lowest BCUT2D eigenvalue weighted by Gasteiger charge is -2.39. The lowest BCUT2D eigenvalue weighted by molar-refractivity contribution is 0.101. The summed E-state index contributed by atoms with van der Waals surface area (Å²) in [6.45, 7) is -0.162. The van der Waals surface area contributed by atoms with Crippen molar-refractivity contribution in [3.8, 4) is 23.0 Å². The standard InChI is InChI=1S/C20H24O6/c1-25-18-7-11(3-4-16(18)23)20-14-8-19(26-2)17(24)6-12(14)5-13(9-21)15(20)10-22/h3-4,6-8,13,15,20-24H,5,9-10H2,1-2H3. The fourth-order valence-electron chi connectivity index (χ4n) is 3.96. The molecule has 0 spiro atoms. The fourth-order valence-corrected chi connectivity index (χ4v) is 3.96. The maximum Gasteiger partial charge on any atom is 0.160 e. The number of phenols is 2. The van der Waals surface area contributed by atoms with Crippen LogP contribution in [-0.4, -0.2) is 47.9 Å². The van der Waals surface area contributed by atoms with Gasteiger partial charge in [0.15, 0.2) is 23.0 Å². The van der Waals surface area contributed by atoms with Crippen molar-refractivity contribution >= 4 is 0 Å². The number of hydrogen-bond donors (Lipinski definition) is 4. The first-order valence-corrected chi connectivity index (χ1v) is 8.52. The molecule has 0 aromatic heterocycles. The lowest BCUT2D eigenvalue weighted by atomic mass is 9.67. The molecule has 6 heteroatoms. The molecule has 3 rings (SSSR count). The smallest absolute Gasteiger partial charge is 0.160 e. The molecule has 0 saturated carbocycles. The number of hydrogen-bond acceptors (Lipinski definition) is 6. The van der Waals surface area contributed by atoms with Gasteiger partial charge in [-0.15, -0.1) is 0 Å². The van der Waals surface area contributed by atoms with Crippen molar-refractivity contribution in [2.75, 3.05) is 27.4 Å². The molecule has 4 N–H and O–H groups in total. The second kappa shape index (κ2) is 7.43. The quantitative estimate of drug-likeness (QED) is 0.651. The Kier molecular flexibility index (Phi) is 5.25. The number of aliphatic hydroxyl groups excluding tert-OH is 2. The summed E-state index contributed by atoms with van der Waals surface area (Å²) < 4.78 is 10.5. The molecule has 3 unspecified atom stereocenters. The normalized spacial score (nSPS) is 21.9. The van der Waals surface area contributed by atoms with Crippen LogP contribution in [0.5, 0.6) is 23.0 Å². The Morgan fingerprint density at radius 3 is 2.23 bits per heavy atom. The van der Waals surface area contributed by atoms with Gasteiger partial charge in [-0.1, -0.05) is 6.07 Å². The van der Waals surface area contributed by atoms with Gasteiger partial charge in [-0.05, 0) is 59.2 Å². The Labute approximate surface area is 152 Å². The molecule has 0 heterocycles. The van der Waals surface area contributed by atoms with Crippen LogP contribution >= 0.6 is 0 Å². The molecular weight excluding hydrogens is 336 g/mol. The van der Waals surface area contributed by atoms with E-state index in [0.717, 1.165) is 16.7 Å². The minimum absolute atomic E-state index is 0.0369. The third-order valence-corrected chi connectivity index (χ3v) is 5.30. The topological polar surface area (TPSA) is 99.4 Å². The molecule has 1 aliphatic carbocycles. The Bertz CT molecular complexity index is 788. The predicted molar refractivity (Wildman–Crippen MR) is 96.0 cm³/mol. The Hall–Kier alpha value is -2.44. The maximum absolute atomic E-state index is 10.1. The van der Waals surface area contributed by atoms with Gasteiger partial charge in [0.05, 0.1) is 14.2 Å². The van der Waals surface area contributed by atoms with Crippen molar-refractivity contribution in [2.24, 2.45) is 11.8 Å². The van der Waals surface area contributed by atoms with E-state index in [9.17, 15) is 20.4 Å². The van der Waals surface area contributed by atoms with E-state index in [1.165, 1.54) is 14.2 Å². The summed E-state index contributed by atoms with van der Waals surface area (Å²) in [5.74, 6) is 0.199. The molecule has 1 aliphatic rings. The monoisotopic (exact) mass is 360 g/mol. The summed E-state index contributed by atoms with van der Waals surface area (Å²) in [6.07, 6.45) is 0.556. The zero-order valence-electron chi connectivity index (χ0n) is 14.8. The highest BCUT2D eigenvalue weighted by molar-refractivity contribution is 5.53. The molecular formula is C20H24O6. The summed E-state index contributed by atoms with van der Waals surface area (Å²) >= 11 is 0. The third kappa shape index (κ3) is 3.06. The Balaban J connectivity index is 2.20. The summed E-state index contributed by atoms with van der Waals surface area (Å²) in [5.41, 5.74) is 2.69. The zero-order valence-corrected chi connectivity index (χ0v) is 14.8. The highest BCUT2D eigenvalue weighted by Crippen LogP contribution is 2.47. The van der Waals surface area contributed by atoms with Crippen molar-refractivity contribution in [1.82, 2.24) is 0 Å². The molecule has 0 amide bonds. The van der Waals surface area contributed by atoms with Gasteiger partial charge in [0.25, 0.3) is 0 Å². The first-order valence-electron chi connectivity index (χ1n) is 8.52. The van der Waals surface area contributed by atoms with E-state index in [-0.39, 0.29) is 42.5 Å². The average Bonchev–Trinajstić information content (AvgIpc) is 2.66. The molecule has 2 aromatic rings. The van der Waals surface area contributed by atoms with E-state index in [1.54, 1.807) is 30.3 Å². The van der Waals surface area contributed by atoms with Crippen molar-refractivity contribution < 1.29 is 29.9 Å². The summed E-state index contributed by atoms with van der Waals surface area (Å²) in [7, 11) is 2.97. The van der Waals surface area contributed by atoms with Crippen LogP contribution in [0.4, 0.5) is 0 Å². The fraction of sp³-hybridized carbons (Fsp3) is 0.400. The van der Waals surface area contributed by atoms with Gasteiger partial charge < -0.3 is 29.9 Å². The zero-order chi connectivity index (χ0) is 18.8. The molecule has 140 valence electrons. The number of phenolic OH excluding ortho intramolecular Hbond substituents is 2. The van der Waals surface area contributed by atoms with E-state index in [4.69, 9.17) is 9.47 Å². The number of ether oxygens (including phenoxy) is 2. The Morgan fingerprint density at radius 1 is 0.923 bits per heavy atom. The first-order chi connectivity index (χ1) is 12.5. The molecule has 0 fully saturated rings. The minimum Gasteiger partial charge on any atom is -0.504 e. The highest BCUT2D eigenvalue weighted by atomic mass is 16.5. The average molecular weight is 360 g/mol. The molecule has 2 aromatic carbocycles. The van der Waals surface area contributed by atoms with E-state index in [1.807, 2.05) is 0 Å². The SMILES string of the molecule is COc1cc(C2c3cc(OC)c(O)cc3CC(CO)C2CO)ccc1O. The van der Waals surface area contributed by atoms with Crippen molar-refractivity contribution in [3.05, 3.63) is 47.0 Å². The second-order valence-electron chi connectivity index (χ2n) is 6.63. The van der Waals surface area contributed by atoms with E-state index in [2.05, 4.69) is 0 Å². The first kappa shape index (κ1) is 18.4. The van der Waals surface area contributed by atoms with Gasteiger partial charge in [0, 0.05) is 19.1 Å². The number of methoxy groups -OCH3 is 2. The van der Waals surface area contributed by atoms with Crippen LogP contribution < -0.4 is 9.47 Å². The Morgan fingerprint density at radius 2 is 1.62 bits per heavy atom. The second-order valence-corrected chi connectivity index (χ2v) is 6.63.